The summed E-state index contributed by atoms with van der Waals surface area (Å²) in [4.78, 5) is 13.4. The van der Waals surface area contributed by atoms with Crippen molar-refractivity contribution in [3.05, 3.63) is 24.3 Å². The molecule has 1 aromatic carbocycles. The first-order chi connectivity index (χ1) is 9.95. The Morgan fingerprint density at radius 2 is 2.00 bits per heavy atom. The first-order valence-corrected chi connectivity index (χ1v) is 8.77. The van der Waals surface area contributed by atoms with Crippen molar-refractivity contribution in [2.45, 2.75) is 50.1 Å². The van der Waals surface area contributed by atoms with Crippen molar-refractivity contribution < 1.29 is 13.2 Å². The molecule has 2 rings (SSSR count). The van der Waals surface area contributed by atoms with Crippen LogP contribution in [0.3, 0.4) is 0 Å². The van der Waals surface area contributed by atoms with Gasteiger partial charge in [0, 0.05) is 12.6 Å². The average molecular weight is 310 g/mol. The molecule has 0 aliphatic carbocycles. The summed E-state index contributed by atoms with van der Waals surface area (Å²) in [5, 5.41) is 0. The van der Waals surface area contributed by atoms with Crippen LogP contribution in [0, 0.1) is 0 Å². The number of para-hydroxylation sites is 1. The highest BCUT2D eigenvalue weighted by Gasteiger charge is 2.28. The van der Waals surface area contributed by atoms with E-state index in [1.165, 1.54) is 0 Å². The van der Waals surface area contributed by atoms with Crippen LogP contribution in [0.4, 0.5) is 5.69 Å². The molecule has 0 amide bonds. The van der Waals surface area contributed by atoms with Crippen LogP contribution in [0.15, 0.2) is 29.2 Å². The number of hydrogen-bond acceptors (Lipinski definition) is 4. The summed E-state index contributed by atoms with van der Waals surface area (Å²) in [6.07, 6.45) is 3.66. The first-order valence-electron chi connectivity index (χ1n) is 7.29. The van der Waals surface area contributed by atoms with Crippen LogP contribution in [0.1, 0.15) is 33.1 Å². The summed E-state index contributed by atoms with van der Waals surface area (Å²) in [5.41, 5.74) is 0.613. The number of nitrogens with zero attached hydrogens (tertiary/aromatic N) is 1. The molecule has 0 spiro atoms. The summed E-state index contributed by atoms with van der Waals surface area (Å²) in [7, 11) is -3.58. The van der Waals surface area contributed by atoms with Crippen LogP contribution in [-0.2, 0) is 14.8 Å². The van der Waals surface area contributed by atoms with E-state index in [2.05, 4.69) is 4.72 Å². The molecule has 1 N–H and O–H groups in total. The van der Waals surface area contributed by atoms with Crippen LogP contribution in [0.25, 0.3) is 0 Å². The number of rotatable bonds is 5. The molecule has 1 aliphatic rings. The van der Waals surface area contributed by atoms with Gasteiger partial charge in [0.15, 0.2) is 0 Å². The summed E-state index contributed by atoms with van der Waals surface area (Å²) < 4.78 is 27.6. The Kier molecular flexibility index (Phi) is 5.00. The highest BCUT2D eigenvalue weighted by atomic mass is 32.2. The Labute approximate surface area is 126 Å². The fraction of sp³-hybridized carbons (Fsp3) is 0.533. The van der Waals surface area contributed by atoms with E-state index in [4.69, 9.17) is 0 Å². The third-order valence-corrected chi connectivity index (χ3v) is 5.27. The number of carbonyl (C=O) groups is 1. The molecular weight excluding hydrogens is 288 g/mol. The van der Waals surface area contributed by atoms with E-state index in [0.717, 1.165) is 25.5 Å². The second-order valence-corrected chi connectivity index (χ2v) is 7.32. The second-order valence-electron chi connectivity index (χ2n) is 5.64. The van der Waals surface area contributed by atoms with E-state index < -0.39 is 10.0 Å². The second kappa shape index (κ2) is 6.58. The third kappa shape index (κ3) is 3.63. The Morgan fingerprint density at radius 3 is 2.67 bits per heavy atom. The molecule has 0 aromatic heterocycles. The number of nitrogens with one attached hydrogen (secondary N) is 1. The van der Waals surface area contributed by atoms with Crippen LogP contribution in [0.5, 0.6) is 0 Å². The molecule has 0 saturated carbocycles. The standard InChI is InChI=1S/C15H22N2O3S/c1-12(2)16-21(19,20)15-9-4-3-8-14(15)17-10-6-5-7-13(17)11-18/h3-4,8-9,11-13,16H,5-7,10H2,1-2H3. The SMILES string of the molecule is CC(C)NS(=O)(=O)c1ccccc1N1CCCCC1C=O. The molecule has 1 aromatic rings. The molecule has 1 unspecified atom stereocenters. The average Bonchev–Trinajstić information content (AvgIpc) is 2.46. The number of sulfonamides is 1. The predicted octanol–water partition coefficient (Wildman–Crippen LogP) is 1.93. The van der Waals surface area contributed by atoms with Gasteiger partial charge >= 0.3 is 0 Å². The molecule has 1 saturated heterocycles. The van der Waals surface area contributed by atoms with Crippen molar-refractivity contribution in [1.82, 2.24) is 4.72 Å². The van der Waals surface area contributed by atoms with Crippen LogP contribution >= 0.6 is 0 Å². The maximum absolute atomic E-state index is 12.5. The molecule has 21 heavy (non-hydrogen) atoms. The van der Waals surface area contributed by atoms with Gasteiger partial charge in [0.2, 0.25) is 10.0 Å². The number of carbonyl (C=O) groups excluding carboxylic acids is 1. The van der Waals surface area contributed by atoms with Gasteiger partial charge in [-0.25, -0.2) is 13.1 Å². The fourth-order valence-electron chi connectivity index (χ4n) is 2.69. The van der Waals surface area contributed by atoms with Crippen molar-refractivity contribution in [2.75, 3.05) is 11.4 Å². The van der Waals surface area contributed by atoms with Crippen LogP contribution < -0.4 is 9.62 Å². The molecule has 0 radical (unpaired) electrons. The maximum Gasteiger partial charge on any atom is 0.242 e. The van der Waals surface area contributed by atoms with E-state index in [1.54, 1.807) is 38.1 Å². The number of hydrogen-bond donors (Lipinski definition) is 1. The van der Waals surface area contributed by atoms with E-state index >= 15 is 0 Å². The number of anilines is 1. The minimum absolute atomic E-state index is 0.175. The van der Waals surface area contributed by atoms with Gasteiger partial charge in [-0.05, 0) is 45.2 Å². The largest absolute Gasteiger partial charge is 0.361 e. The molecular formula is C15H22N2O3S. The highest BCUT2D eigenvalue weighted by molar-refractivity contribution is 7.89. The fourth-order valence-corrected chi connectivity index (χ4v) is 4.16. The van der Waals surface area contributed by atoms with E-state index in [1.807, 2.05) is 4.90 Å². The number of aldehydes is 1. The van der Waals surface area contributed by atoms with Gasteiger partial charge in [-0.15, -0.1) is 0 Å². The van der Waals surface area contributed by atoms with Gasteiger partial charge < -0.3 is 9.69 Å². The molecule has 5 nitrogen and oxygen atoms in total. The zero-order valence-corrected chi connectivity index (χ0v) is 13.3. The minimum Gasteiger partial charge on any atom is -0.361 e. The van der Waals surface area contributed by atoms with Gasteiger partial charge in [0.25, 0.3) is 0 Å². The highest BCUT2D eigenvalue weighted by Crippen LogP contribution is 2.30. The summed E-state index contributed by atoms with van der Waals surface area (Å²) >= 11 is 0. The van der Waals surface area contributed by atoms with Gasteiger partial charge in [-0.1, -0.05) is 12.1 Å². The maximum atomic E-state index is 12.5. The lowest BCUT2D eigenvalue weighted by Gasteiger charge is -2.35. The van der Waals surface area contributed by atoms with E-state index in [9.17, 15) is 13.2 Å². The van der Waals surface area contributed by atoms with Crippen molar-refractivity contribution in [3.8, 4) is 0 Å². The molecule has 1 aliphatic heterocycles. The van der Waals surface area contributed by atoms with E-state index in [0.29, 0.717) is 12.2 Å². The lowest BCUT2D eigenvalue weighted by molar-refractivity contribution is -0.109. The van der Waals surface area contributed by atoms with E-state index in [-0.39, 0.29) is 17.0 Å². The van der Waals surface area contributed by atoms with Gasteiger partial charge in [-0.3, -0.25) is 0 Å². The Bertz CT molecular complexity index is 599. The van der Waals surface area contributed by atoms with Crippen molar-refractivity contribution >= 4 is 22.0 Å². The van der Waals surface area contributed by atoms with Crippen molar-refractivity contribution in [3.63, 3.8) is 0 Å². The molecule has 6 heteroatoms. The molecule has 0 bridgehead atoms. The predicted molar refractivity (Wildman–Crippen MR) is 82.9 cm³/mol. The van der Waals surface area contributed by atoms with Crippen molar-refractivity contribution in [2.24, 2.45) is 0 Å². The molecule has 1 fully saturated rings. The van der Waals surface area contributed by atoms with Crippen LogP contribution in [-0.4, -0.2) is 33.3 Å². The van der Waals surface area contributed by atoms with Gasteiger partial charge in [-0.2, -0.15) is 0 Å². The Hall–Kier alpha value is -1.40. The molecule has 1 atom stereocenters. The topological polar surface area (TPSA) is 66.5 Å². The van der Waals surface area contributed by atoms with Crippen molar-refractivity contribution in [1.29, 1.82) is 0 Å². The smallest absolute Gasteiger partial charge is 0.242 e. The number of piperidine rings is 1. The molecule has 116 valence electrons. The lowest BCUT2D eigenvalue weighted by Crippen LogP contribution is -2.42. The zero-order chi connectivity index (χ0) is 15.5. The lowest BCUT2D eigenvalue weighted by atomic mass is 10.0. The monoisotopic (exact) mass is 310 g/mol. The van der Waals surface area contributed by atoms with Gasteiger partial charge in [0.1, 0.15) is 11.2 Å². The quantitative estimate of drug-likeness (QED) is 0.844. The zero-order valence-electron chi connectivity index (χ0n) is 12.5. The Morgan fingerprint density at radius 1 is 1.29 bits per heavy atom. The summed E-state index contributed by atoms with van der Waals surface area (Å²) in [6, 6.07) is 6.46. The first kappa shape index (κ1) is 16.0. The molecule has 1 heterocycles. The Balaban J connectivity index is 2.43. The van der Waals surface area contributed by atoms with Gasteiger partial charge in [0.05, 0.1) is 11.7 Å². The summed E-state index contributed by atoms with van der Waals surface area (Å²) in [5.74, 6) is 0. The number of benzene rings is 1. The third-order valence-electron chi connectivity index (χ3n) is 3.56. The minimum atomic E-state index is -3.58. The summed E-state index contributed by atoms with van der Waals surface area (Å²) in [6.45, 7) is 4.28. The normalized spacial score (nSPS) is 19.8. The van der Waals surface area contributed by atoms with Crippen LogP contribution in [0.2, 0.25) is 0 Å².